The van der Waals surface area contributed by atoms with Crippen molar-refractivity contribution in [1.82, 2.24) is 10.3 Å². The topological polar surface area (TPSA) is 24.9 Å². The highest BCUT2D eigenvalue weighted by Gasteiger charge is 2.29. The van der Waals surface area contributed by atoms with Crippen molar-refractivity contribution in [2.24, 2.45) is 0 Å². The molecule has 2 nitrogen and oxygen atoms in total. The minimum atomic E-state index is -0.174. The van der Waals surface area contributed by atoms with Crippen LogP contribution in [-0.4, -0.2) is 12.0 Å². The summed E-state index contributed by atoms with van der Waals surface area (Å²) in [6.07, 6.45) is 3.26. The molecular weight excluding hydrogens is 259 g/mol. The highest BCUT2D eigenvalue weighted by Crippen LogP contribution is 2.42. The molecule has 1 N–H and O–H groups in total. The SMILES string of the molecule is CNCc1sc(Cc2cccc(F)c2)nc1C1CC1. The highest BCUT2D eigenvalue weighted by atomic mass is 32.1. The van der Waals surface area contributed by atoms with Gasteiger partial charge in [-0.1, -0.05) is 12.1 Å². The molecule has 1 aromatic heterocycles. The van der Waals surface area contributed by atoms with Crippen molar-refractivity contribution >= 4 is 11.3 Å². The van der Waals surface area contributed by atoms with Gasteiger partial charge >= 0.3 is 0 Å². The molecule has 1 aliphatic carbocycles. The van der Waals surface area contributed by atoms with Crippen LogP contribution in [-0.2, 0) is 13.0 Å². The van der Waals surface area contributed by atoms with Gasteiger partial charge in [-0.2, -0.15) is 0 Å². The number of thiazole rings is 1. The summed E-state index contributed by atoms with van der Waals surface area (Å²) in [5.74, 6) is 0.493. The van der Waals surface area contributed by atoms with E-state index >= 15 is 0 Å². The molecule has 100 valence electrons. The van der Waals surface area contributed by atoms with Gasteiger partial charge in [-0.25, -0.2) is 9.37 Å². The quantitative estimate of drug-likeness (QED) is 0.904. The maximum Gasteiger partial charge on any atom is 0.123 e. The Labute approximate surface area is 116 Å². The molecule has 0 atom stereocenters. The average Bonchev–Trinajstić information content (AvgIpc) is 3.14. The Morgan fingerprint density at radius 3 is 2.95 bits per heavy atom. The highest BCUT2D eigenvalue weighted by molar-refractivity contribution is 7.11. The fourth-order valence-electron chi connectivity index (χ4n) is 2.27. The van der Waals surface area contributed by atoms with Gasteiger partial charge in [0.2, 0.25) is 0 Å². The van der Waals surface area contributed by atoms with Crippen LogP contribution in [0.25, 0.3) is 0 Å². The molecule has 0 bridgehead atoms. The molecule has 0 spiro atoms. The number of hydrogen-bond acceptors (Lipinski definition) is 3. The van der Waals surface area contributed by atoms with Crippen LogP contribution in [0.3, 0.4) is 0 Å². The molecule has 0 unspecified atom stereocenters. The summed E-state index contributed by atoms with van der Waals surface area (Å²) in [5.41, 5.74) is 2.26. The molecule has 4 heteroatoms. The van der Waals surface area contributed by atoms with Crippen LogP contribution in [0, 0.1) is 5.82 Å². The summed E-state index contributed by atoms with van der Waals surface area (Å²) in [6.45, 7) is 0.882. The molecule has 0 aliphatic heterocycles. The van der Waals surface area contributed by atoms with Crippen LogP contribution in [0.2, 0.25) is 0 Å². The predicted octanol–water partition coefficient (Wildman–Crippen LogP) is 3.47. The molecule has 3 rings (SSSR count). The monoisotopic (exact) mass is 276 g/mol. The van der Waals surface area contributed by atoms with Crippen molar-refractivity contribution in [1.29, 1.82) is 0 Å². The third kappa shape index (κ3) is 3.01. The molecule has 1 aliphatic rings. The second kappa shape index (κ2) is 5.39. The summed E-state index contributed by atoms with van der Waals surface area (Å²) < 4.78 is 13.2. The molecular formula is C15H17FN2S. The molecule has 0 amide bonds. The van der Waals surface area contributed by atoms with E-state index in [0.29, 0.717) is 5.92 Å². The van der Waals surface area contributed by atoms with E-state index in [9.17, 15) is 4.39 Å². The minimum absolute atomic E-state index is 0.174. The summed E-state index contributed by atoms with van der Waals surface area (Å²) in [7, 11) is 1.96. The van der Waals surface area contributed by atoms with E-state index in [1.807, 2.05) is 13.1 Å². The van der Waals surface area contributed by atoms with E-state index in [-0.39, 0.29) is 5.82 Å². The Morgan fingerprint density at radius 2 is 2.26 bits per heavy atom. The van der Waals surface area contributed by atoms with Crippen LogP contribution in [0.4, 0.5) is 4.39 Å². The Hall–Kier alpha value is -1.26. The van der Waals surface area contributed by atoms with E-state index in [1.165, 1.54) is 29.5 Å². The number of halogens is 1. The van der Waals surface area contributed by atoms with Crippen LogP contribution in [0.15, 0.2) is 24.3 Å². The predicted molar refractivity (Wildman–Crippen MR) is 76.1 cm³/mol. The standard InChI is InChI=1S/C15H17FN2S/c1-17-9-13-15(11-5-6-11)18-14(19-13)8-10-3-2-4-12(16)7-10/h2-4,7,11,17H,5-6,8-9H2,1H3. The van der Waals surface area contributed by atoms with Crippen molar-refractivity contribution in [3.8, 4) is 0 Å². The van der Waals surface area contributed by atoms with Crippen molar-refractivity contribution < 1.29 is 4.39 Å². The Bertz CT molecular complexity index is 575. The van der Waals surface area contributed by atoms with Crippen molar-refractivity contribution in [2.75, 3.05) is 7.05 Å². The van der Waals surface area contributed by atoms with Gasteiger partial charge in [-0.15, -0.1) is 11.3 Å². The third-order valence-electron chi connectivity index (χ3n) is 3.32. The van der Waals surface area contributed by atoms with Crippen LogP contribution < -0.4 is 5.32 Å². The van der Waals surface area contributed by atoms with Crippen LogP contribution in [0.1, 0.15) is 39.9 Å². The van der Waals surface area contributed by atoms with E-state index in [1.54, 1.807) is 23.5 Å². The summed E-state index contributed by atoms with van der Waals surface area (Å²) >= 11 is 1.76. The van der Waals surface area contributed by atoms with E-state index in [4.69, 9.17) is 4.98 Å². The largest absolute Gasteiger partial charge is 0.315 e. The van der Waals surface area contributed by atoms with Crippen LogP contribution >= 0.6 is 11.3 Å². The summed E-state index contributed by atoms with van der Waals surface area (Å²) in [4.78, 5) is 6.12. The molecule has 19 heavy (non-hydrogen) atoms. The smallest absolute Gasteiger partial charge is 0.123 e. The van der Waals surface area contributed by atoms with E-state index in [0.717, 1.165) is 23.5 Å². The first-order chi connectivity index (χ1) is 9.26. The molecule has 1 heterocycles. The number of benzene rings is 1. The van der Waals surface area contributed by atoms with E-state index < -0.39 is 0 Å². The number of rotatable bonds is 5. The maximum atomic E-state index is 13.2. The van der Waals surface area contributed by atoms with Gasteiger partial charge in [0.05, 0.1) is 10.7 Å². The number of nitrogens with zero attached hydrogens (tertiary/aromatic N) is 1. The zero-order valence-corrected chi connectivity index (χ0v) is 11.8. The molecule has 2 aromatic rings. The molecule has 1 saturated carbocycles. The minimum Gasteiger partial charge on any atom is -0.315 e. The zero-order valence-electron chi connectivity index (χ0n) is 10.9. The lowest BCUT2D eigenvalue weighted by Crippen LogP contribution is -2.05. The van der Waals surface area contributed by atoms with Gasteiger partial charge in [-0.05, 0) is 37.6 Å². The first kappa shape index (κ1) is 12.8. The second-order valence-corrected chi connectivity index (χ2v) is 6.20. The zero-order chi connectivity index (χ0) is 13.2. The first-order valence-corrected chi connectivity index (χ1v) is 7.45. The Kier molecular flexibility index (Phi) is 3.62. The van der Waals surface area contributed by atoms with Crippen LogP contribution in [0.5, 0.6) is 0 Å². The first-order valence-electron chi connectivity index (χ1n) is 6.64. The lowest BCUT2D eigenvalue weighted by molar-refractivity contribution is 0.626. The van der Waals surface area contributed by atoms with E-state index in [2.05, 4.69) is 5.32 Å². The Morgan fingerprint density at radius 1 is 1.42 bits per heavy atom. The fourth-order valence-corrected chi connectivity index (χ4v) is 3.47. The molecule has 0 saturated heterocycles. The van der Waals surface area contributed by atoms with Crippen molar-refractivity contribution in [3.63, 3.8) is 0 Å². The van der Waals surface area contributed by atoms with Gasteiger partial charge in [0, 0.05) is 23.8 Å². The summed E-state index contributed by atoms with van der Waals surface area (Å²) in [6, 6.07) is 6.79. The number of hydrogen-bond donors (Lipinski definition) is 1. The van der Waals surface area contributed by atoms with Crippen molar-refractivity contribution in [2.45, 2.75) is 31.7 Å². The average molecular weight is 276 g/mol. The lowest BCUT2D eigenvalue weighted by atomic mass is 10.1. The van der Waals surface area contributed by atoms with Gasteiger partial charge < -0.3 is 5.32 Å². The van der Waals surface area contributed by atoms with Gasteiger partial charge in [0.1, 0.15) is 5.82 Å². The second-order valence-electron chi connectivity index (χ2n) is 5.03. The summed E-state index contributed by atoms with van der Waals surface area (Å²) in [5, 5.41) is 4.30. The maximum absolute atomic E-state index is 13.2. The van der Waals surface area contributed by atoms with Crippen molar-refractivity contribution in [3.05, 3.63) is 51.2 Å². The third-order valence-corrected chi connectivity index (χ3v) is 4.39. The van der Waals surface area contributed by atoms with Gasteiger partial charge in [-0.3, -0.25) is 0 Å². The lowest BCUT2D eigenvalue weighted by Gasteiger charge is -1.97. The fraction of sp³-hybridized carbons (Fsp3) is 0.400. The number of aromatic nitrogens is 1. The number of nitrogens with one attached hydrogen (secondary N) is 1. The normalized spacial score (nSPS) is 14.8. The van der Waals surface area contributed by atoms with Gasteiger partial charge in [0.15, 0.2) is 0 Å². The molecule has 1 fully saturated rings. The Balaban J connectivity index is 1.82. The van der Waals surface area contributed by atoms with Gasteiger partial charge in [0.25, 0.3) is 0 Å². The molecule has 0 radical (unpaired) electrons. The molecule has 1 aromatic carbocycles.